The molecule has 0 amide bonds. The largest absolute Gasteiger partial charge is 0.467 e. The molecule has 1 aliphatic rings. The highest BCUT2D eigenvalue weighted by molar-refractivity contribution is 5.78. The summed E-state index contributed by atoms with van der Waals surface area (Å²) in [6.45, 7) is 7.15. The van der Waals surface area contributed by atoms with Gasteiger partial charge in [-0.1, -0.05) is 6.92 Å². The van der Waals surface area contributed by atoms with Gasteiger partial charge in [0.25, 0.3) is 0 Å². The number of hydrogen-bond donors (Lipinski definition) is 1. The van der Waals surface area contributed by atoms with Crippen LogP contribution < -0.4 is 0 Å². The third-order valence-corrected chi connectivity index (χ3v) is 3.38. The second kappa shape index (κ2) is 5.15. The lowest BCUT2D eigenvalue weighted by atomic mass is 9.93. The van der Waals surface area contributed by atoms with Crippen molar-refractivity contribution in [3.05, 3.63) is 0 Å². The Hall–Kier alpha value is -0.610. The highest BCUT2D eigenvalue weighted by atomic mass is 16.5. The van der Waals surface area contributed by atoms with Gasteiger partial charge in [0.15, 0.2) is 5.60 Å². The lowest BCUT2D eigenvalue weighted by Gasteiger charge is -2.39. The molecule has 0 aromatic carbocycles. The number of rotatable bonds is 3. The molecule has 3 unspecified atom stereocenters. The third kappa shape index (κ3) is 3.19. The zero-order valence-electron chi connectivity index (χ0n) is 10.7. The first-order valence-corrected chi connectivity index (χ1v) is 5.91. The Labute approximate surface area is 97.6 Å². The zero-order valence-corrected chi connectivity index (χ0v) is 10.7. The summed E-state index contributed by atoms with van der Waals surface area (Å²) >= 11 is 0. The number of β-amino-alcohol motifs (C(OH)–C–C–N with tert-alkyl or cyclic N) is 1. The van der Waals surface area contributed by atoms with E-state index in [-0.39, 0.29) is 0 Å². The molecule has 1 heterocycles. The zero-order chi connectivity index (χ0) is 12.3. The van der Waals surface area contributed by atoms with Crippen LogP contribution in [-0.2, 0) is 9.53 Å². The fourth-order valence-corrected chi connectivity index (χ4v) is 2.28. The summed E-state index contributed by atoms with van der Waals surface area (Å²) in [5.41, 5.74) is -1.40. The average Bonchev–Trinajstić information content (AvgIpc) is 2.22. The van der Waals surface area contributed by atoms with Crippen molar-refractivity contribution < 1.29 is 14.6 Å². The van der Waals surface area contributed by atoms with Gasteiger partial charge >= 0.3 is 5.97 Å². The number of ether oxygens (including phenoxy) is 1. The molecule has 0 bridgehead atoms. The van der Waals surface area contributed by atoms with Gasteiger partial charge in [0, 0.05) is 19.1 Å². The Kier molecular flexibility index (Phi) is 4.33. The Bertz CT molecular complexity index is 253. The molecule has 16 heavy (non-hydrogen) atoms. The predicted molar refractivity (Wildman–Crippen MR) is 62.1 cm³/mol. The normalized spacial score (nSPS) is 30.8. The third-order valence-electron chi connectivity index (χ3n) is 3.38. The van der Waals surface area contributed by atoms with Crippen LogP contribution in [0, 0.1) is 5.92 Å². The number of hydrogen-bond acceptors (Lipinski definition) is 4. The van der Waals surface area contributed by atoms with Gasteiger partial charge in [-0.2, -0.15) is 0 Å². The number of carbonyl (C=O) groups is 1. The van der Waals surface area contributed by atoms with Crippen molar-refractivity contribution in [3.8, 4) is 0 Å². The van der Waals surface area contributed by atoms with E-state index in [1.54, 1.807) is 0 Å². The minimum absolute atomic E-state index is 0.352. The Morgan fingerprint density at radius 2 is 2.12 bits per heavy atom. The summed E-state index contributed by atoms with van der Waals surface area (Å²) in [6, 6.07) is 0.423. The molecule has 94 valence electrons. The fourth-order valence-electron chi connectivity index (χ4n) is 2.28. The SMILES string of the molecule is COC(=O)C(C)(O)CN1CC(C)CCC1C. The number of aliphatic hydroxyl groups is 1. The van der Waals surface area contributed by atoms with E-state index >= 15 is 0 Å². The number of methoxy groups -OCH3 is 1. The van der Waals surface area contributed by atoms with Crippen molar-refractivity contribution >= 4 is 5.97 Å². The maximum absolute atomic E-state index is 11.4. The monoisotopic (exact) mass is 229 g/mol. The summed E-state index contributed by atoms with van der Waals surface area (Å²) in [5.74, 6) is 0.0718. The first-order valence-electron chi connectivity index (χ1n) is 5.91. The van der Waals surface area contributed by atoms with Crippen molar-refractivity contribution in [2.75, 3.05) is 20.2 Å². The Morgan fingerprint density at radius 3 is 2.69 bits per heavy atom. The van der Waals surface area contributed by atoms with Crippen LogP contribution in [0.1, 0.15) is 33.6 Å². The van der Waals surface area contributed by atoms with Gasteiger partial charge in [-0.3, -0.25) is 4.90 Å². The van der Waals surface area contributed by atoms with Crippen LogP contribution in [-0.4, -0.2) is 47.8 Å². The van der Waals surface area contributed by atoms with Crippen LogP contribution in [0.4, 0.5) is 0 Å². The number of nitrogens with zero attached hydrogens (tertiary/aromatic N) is 1. The van der Waals surface area contributed by atoms with E-state index in [2.05, 4.69) is 23.5 Å². The van der Waals surface area contributed by atoms with E-state index in [9.17, 15) is 9.90 Å². The molecular formula is C12H23NO3. The van der Waals surface area contributed by atoms with Crippen LogP contribution in [0.5, 0.6) is 0 Å². The molecule has 4 nitrogen and oxygen atoms in total. The molecule has 0 aliphatic carbocycles. The van der Waals surface area contributed by atoms with Crippen LogP contribution >= 0.6 is 0 Å². The summed E-state index contributed by atoms with van der Waals surface area (Å²) in [4.78, 5) is 13.6. The number of piperidine rings is 1. The molecule has 1 fully saturated rings. The highest BCUT2D eigenvalue weighted by Gasteiger charge is 2.36. The van der Waals surface area contributed by atoms with Crippen molar-refractivity contribution in [2.24, 2.45) is 5.92 Å². The van der Waals surface area contributed by atoms with Crippen LogP contribution in [0.15, 0.2) is 0 Å². The van der Waals surface area contributed by atoms with E-state index in [0.717, 1.165) is 13.0 Å². The van der Waals surface area contributed by atoms with Crippen LogP contribution in [0.25, 0.3) is 0 Å². The van der Waals surface area contributed by atoms with E-state index in [0.29, 0.717) is 18.5 Å². The number of likely N-dealkylation sites (tertiary alicyclic amines) is 1. The van der Waals surface area contributed by atoms with Crippen molar-refractivity contribution in [1.82, 2.24) is 4.90 Å². The molecule has 0 radical (unpaired) electrons. The van der Waals surface area contributed by atoms with E-state index in [1.807, 2.05) is 0 Å². The summed E-state index contributed by atoms with van der Waals surface area (Å²) in [6.07, 6.45) is 2.34. The molecule has 1 rings (SSSR count). The first-order chi connectivity index (χ1) is 7.36. The van der Waals surface area contributed by atoms with E-state index < -0.39 is 11.6 Å². The first kappa shape index (κ1) is 13.5. The molecular weight excluding hydrogens is 206 g/mol. The number of esters is 1. The summed E-state index contributed by atoms with van der Waals surface area (Å²) in [5, 5.41) is 10.0. The molecule has 0 aromatic heterocycles. The molecule has 0 saturated carbocycles. The fraction of sp³-hybridized carbons (Fsp3) is 0.917. The quantitative estimate of drug-likeness (QED) is 0.734. The van der Waals surface area contributed by atoms with Crippen LogP contribution in [0.2, 0.25) is 0 Å². The minimum Gasteiger partial charge on any atom is -0.467 e. The molecule has 0 spiro atoms. The predicted octanol–water partition coefficient (Wildman–Crippen LogP) is 1.03. The molecule has 3 atom stereocenters. The van der Waals surface area contributed by atoms with E-state index in [4.69, 9.17) is 0 Å². The van der Waals surface area contributed by atoms with Gasteiger partial charge in [0.2, 0.25) is 0 Å². The lowest BCUT2D eigenvalue weighted by Crippen LogP contribution is -2.52. The lowest BCUT2D eigenvalue weighted by molar-refractivity contribution is -0.163. The van der Waals surface area contributed by atoms with Gasteiger partial charge in [-0.05, 0) is 32.6 Å². The summed E-state index contributed by atoms with van der Waals surface area (Å²) in [7, 11) is 1.30. The molecule has 1 saturated heterocycles. The number of carbonyl (C=O) groups excluding carboxylic acids is 1. The average molecular weight is 229 g/mol. The van der Waals surface area contributed by atoms with Gasteiger partial charge < -0.3 is 9.84 Å². The van der Waals surface area contributed by atoms with Gasteiger partial charge in [0.1, 0.15) is 0 Å². The molecule has 1 aliphatic heterocycles. The molecule has 0 aromatic rings. The van der Waals surface area contributed by atoms with Crippen molar-refractivity contribution in [2.45, 2.75) is 45.3 Å². The summed E-state index contributed by atoms with van der Waals surface area (Å²) < 4.78 is 4.60. The minimum atomic E-state index is -1.40. The van der Waals surface area contributed by atoms with Gasteiger partial charge in [-0.15, -0.1) is 0 Å². The molecule has 1 N–H and O–H groups in total. The maximum Gasteiger partial charge on any atom is 0.338 e. The molecule has 4 heteroatoms. The van der Waals surface area contributed by atoms with Crippen LogP contribution in [0.3, 0.4) is 0 Å². The smallest absolute Gasteiger partial charge is 0.338 e. The second-order valence-corrected chi connectivity index (χ2v) is 5.23. The second-order valence-electron chi connectivity index (χ2n) is 5.23. The topological polar surface area (TPSA) is 49.8 Å². The van der Waals surface area contributed by atoms with Gasteiger partial charge in [-0.25, -0.2) is 4.79 Å². The van der Waals surface area contributed by atoms with Crippen molar-refractivity contribution in [1.29, 1.82) is 0 Å². The Morgan fingerprint density at radius 1 is 1.50 bits per heavy atom. The maximum atomic E-state index is 11.4. The van der Waals surface area contributed by atoms with Gasteiger partial charge in [0.05, 0.1) is 7.11 Å². The standard InChI is InChI=1S/C12H23NO3/c1-9-5-6-10(2)13(7-9)8-12(3,15)11(14)16-4/h9-10,15H,5-8H2,1-4H3. The highest BCUT2D eigenvalue weighted by Crippen LogP contribution is 2.23. The van der Waals surface area contributed by atoms with Crippen molar-refractivity contribution in [3.63, 3.8) is 0 Å². The van der Waals surface area contributed by atoms with E-state index in [1.165, 1.54) is 20.5 Å². The Balaban J connectivity index is 2.60.